The number of hydrogen-bond donors (Lipinski definition) is 1. The zero-order chi connectivity index (χ0) is 23.5. The van der Waals surface area contributed by atoms with Crippen LogP contribution in [0.25, 0.3) is 11.1 Å². The molecule has 0 bridgehead atoms. The van der Waals surface area contributed by atoms with E-state index in [1.165, 1.54) is 47.9 Å². The van der Waals surface area contributed by atoms with E-state index in [0.29, 0.717) is 44.1 Å². The van der Waals surface area contributed by atoms with Gasteiger partial charge in [-0.2, -0.15) is 0 Å². The first-order valence-electron chi connectivity index (χ1n) is 12.5. The summed E-state index contributed by atoms with van der Waals surface area (Å²) in [6.45, 7) is 7.07. The van der Waals surface area contributed by atoms with Crippen molar-refractivity contribution < 1.29 is 14.3 Å². The Kier molecular flexibility index (Phi) is 9.95. The van der Waals surface area contributed by atoms with E-state index in [0.717, 1.165) is 12.8 Å². The number of fused-ring (bicyclic) bond motifs is 3. The third kappa shape index (κ3) is 7.68. The standard InChI is InChI=1S/C29H41NO3/c1-29(2,17-10-4-5-15-28(31)30-19-20-33-22-21-32-3)18-16-27-25-13-8-6-11-23(25)24-12-7-9-14-26(24)27/h6-9,11-14,27H,4-5,10,15-22H2,1-3H3,(H,30,31). The van der Waals surface area contributed by atoms with Crippen LogP contribution in [0.3, 0.4) is 0 Å². The number of amides is 1. The molecule has 1 aliphatic carbocycles. The molecule has 1 amide bonds. The van der Waals surface area contributed by atoms with Crippen molar-refractivity contribution in [3.05, 3.63) is 59.7 Å². The molecular weight excluding hydrogens is 410 g/mol. The Balaban J connectivity index is 1.34. The van der Waals surface area contributed by atoms with Gasteiger partial charge < -0.3 is 14.8 Å². The summed E-state index contributed by atoms with van der Waals surface area (Å²) in [5.41, 5.74) is 6.12. The number of hydrogen-bond acceptors (Lipinski definition) is 3. The molecule has 0 radical (unpaired) electrons. The first-order chi connectivity index (χ1) is 16.0. The van der Waals surface area contributed by atoms with Crippen LogP contribution in [0.15, 0.2) is 48.5 Å². The molecule has 0 unspecified atom stereocenters. The molecule has 33 heavy (non-hydrogen) atoms. The molecule has 4 heteroatoms. The summed E-state index contributed by atoms with van der Waals surface area (Å²) in [4.78, 5) is 12.0. The number of methoxy groups -OCH3 is 1. The number of ether oxygens (including phenoxy) is 2. The minimum absolute atomic E-state index is 0.128. The zero-order valence-corrected chi connectivity index (χ0v) is 20.7. The second kappa shape index (κ2) is 12.9. The van der Waals surface area contributed by atoms with Crippen LogP contribution in [0.1, 0.15) is 75.8 Å². The molecule has 4 nitrogen and oxygen atoms in total. The Morgan fingerprint density at radius 1 is 0.879 bits per heavy atom. The van der Waals surface area contributed by atoms with Crippen LogP contribution in [0.5, 0.6) is 0 Å². The van der Waals surface area contributed by atoms with Gasteiger partial charge in [0.25, 0.3) is 0 Å². The molecule has 0 saturated heterocycles. The minimum atomic E-state index is 0.128. The maximum absolute atomic E-state index is 12.0. The van der Waals surface area contributed by atoms with E-state index >= 15 is 0 Å². The molecule has 180 valence electrons. The Hall–Kier alpha value is -2.17. The van der Waals surface area contributed by atoms with Crippen LogP contribution >= 0.6 is 0 Å². The maximum atomic E-state index is 12.0. The van der Waals surface area contributed by atoms with Crippen molar-refractivity contribution in [2.24, 2.45) is 5.41 Å². The Morgan fingerprint density at radius 2 is 1.55 bits per heavy atom. The predicted octanol–water partition coefficient (Wildman–Crippen LogP) is 6.34. The van der Waals surface area contributed by atoms with E-state index in [9.17, 15) is 4.79 Å². The highest BCUT2D eigenvalue weighted by Gasteiger charge is 2.29. The molecule has 0 heterocycles. The summed E-state index contributed by atoms with van der Waals surface area (Å²) in [6.07, 6.45) is 7.45. The number of nitrogens with one attached hydrogen (secondary N) is 1. The Labute approximate surface area is 200 Å². The van der Waals surface area contributed by atoms with Gasteiger partial charge >= 0.3 is 0 Å². The highest BCUT2D eigenvalue weighted by molar-refractivity contribution is 5.78. The normalized spacial score (nSPS) is 13.1. The molecule has 2 aromatic rings. The molecule has 0 spiro atoms. The summed E-state index contributed by atoms with van der Waals surface area (Å²) < 4.78 is 10.3. The largest absolute Gasteiger partial charge is 0.382 e. The second-order valence-electron chi connectivity index (χ2n) is 9.95. The van der Waals surface area contributed by atoms with E-state index in [1.807, 2.05) is 0 Å². The van der Waals surface area contributed by atoms with Crippen LogP contribution in [-0.4, -0.2) is 39.4 Å². The second-order valence-corrected chi connectivity index (χ2v) is 9.95. The molecule has 0 aromatic heterocycles. The summed E-state index contributed by atoms with van der Waals surface area (Å²) >= 11 is 0. The lowest BCUT2D eigenvalue weighted by atomic mass is 9.78. The molecule has 3 rings (SSSR count). The van der Waals surface area contributed by atoms with Gasteiger partial charge in [0.15, 0.2) is 0 Å². The van der Waals surface area contributed by atoms with E-state index in [-0.39, 0.29) is 5.91 Å². The Morgan fingerprint density at radius 3 is 2.21 bits per heavy atom. The molecular formula is C29H41NO3. The van der Waals surface area contributed by atoms with Gasteiger partial charge in [0.2, 0.25) is 5.91 Å². The van der Waals surface area contributed by atoms with Crippen molar-refractivity contribution in [2.75, 3.05) is 33.5 Å². The van der Waals surface area contributed by atoms with Crippen LogP contribution in [0, 0.1) is 5.41 Å². The van der Waals surface area contributed by atoms with Crippen LogP contribution < -0.4 is 5.32 Å². The summed E-state index contributed by atoms with van der Waals surface area (Å²) in [5.74, 6) is 0.641. The van der Waals surface area contributed by atoms with E-state index < -0.39 is 0 Å². The van der Waals surface area contributed by atoms with Gasteiger partial charge in [-0.1, -0.05) is 75.2 Å². The summed E-state index contributed by atoms with van der Waals surface area (Å²) in [6, 6.07) is 17.8. The fraction of sp³-hybridized carbons (Fsp3) is 0.552. The van der Waals surface area contributed by atoms with Crippen molar-refractivity contribution in [2.45, 2.75) is 64.7 Å². The quantitative estimate of drug-likeness (QED) is 0.322. The smallest absolute Gasteiger partial charge is 0.220 e. The SMILES string of the molecule is COCCOCCNC(=O)CCCCCC(C)(C)CCC1c2ccccc2-c2ccccc21. The molecule has 0 atom stereocenters. The van der Waals surface area contributed by atoms with E-state index in [1.54, 1.807) is 7.11 Å². The first kappa shape index (κ1) is 25.5. The monoisotopic (exact) mass is 451 g/mol. The molecule has 1 aliphatic rings. The Bertz CT molecular complexity index is 831. The van der Waals surface area contributed by atoms with Crippen molar-refractivity contribution in [3.63, 3.8) is 0 Å². The third-order valence-electron chi connectivity index (χ3n) is 6.83. The lowest BCUT2D eigenvalue weighted by Gasteiger charge is -2.27. The lowest BCUT2D eigenvalue weighted by Crippen LogP contribution is -2.27. The number of benzene rings is 2. The van der Waals surface area contributed by atoms with E-state index in [4.69, 9.17) is 9.47 Å². The van der Waals surface area contributed by atoms with Gasteiger partial charge in [-0.05, 0) is 53.4 Å². The van der Waals surface area contributed by atoms with E-state index in [2.05, 4.69) is 67.7 Å². The van der Waals surface area contributed by atoms with Crippen LogP contribution in [-0.2, 0) is 14.3 Å². The topological polar surface area (TPSA) is 47.6 Å². The molecule has 0 fully saturated rings. The van der Waals surface area contributed by atoms with Gasteiger partial charge in [-0.15, -0.1) is 0 Å². The predicted molar refractivity (Wildman–Crippen MR) is 136 cm³/mol. The van der Waals surface area contributed by atoms with Crippen LogP contribution in [0.4, 0.5) is 0 Å². The molecule has 0 saturated carbocycles. The number of rotatable bonds is 15. The molecule has 1 N–H and O–H groups in total. The number of carbonyl (C=O) groups excluding carboxylic acids is 1. The van der Waals surface area contributed by atoms with Gasteiger partial charge in [-0.25, -0.2) is 0 Å². The molecule has 2 aromatic carbocycles. The highest BCUT2D eigenvalue weighted by Crippen LogP contribution is 2.48. The molecule has 0 aliphatic heterocycles. The minimum Gasteiger partial charge on any atom is -0.382 e. The first-order valence-corrected chi connectivity index (χ1v) is 12.5. The lowest BCUT2D eigenvalue weighted by molar-refractivity contribution is -0.121. The van der Waals surface area contributed by atoms with Gasteiger partial charge in [-0.3, -0.25) is 4.79 Å². The van der Waals surface area contributed by atoms with Gasteiger partial charge in [0.05, 0.1) is 19.8 Å². The van der Waals surface area contributed by atoms with Crippen molar-refractivity contribution >= 4 is 5.91 Å². The van der Waals surface area contributed by atoms with Gasteiger partial charge in [0, 0.05) is 26.0 Å². The summed E-state index contributed by atoms with van der Waals surface area (Å²) in [5, 5.41) is 2.93. The zero-order valence-electron chi connectivity index (χ0n) is 20.7. The van der Waals surface area contributed by atoms with Crippen molar-refractivity contribution in [3.8, 4) is 11.1 Å². The maximum Gasteiger partial charge on any atom is 0.220 e. The summed E-state index contributed by atoms with van der Waals surface area (Å²) in [7, 11) is 1.65. The number of unbranched alkanes of at least 4 members (excludes halogenated alkanes) is 2. The third-order valence-corrected chi connectivity index (χ3v) is 6.83. The van der Waals surface area contributed by atoms with Crippen molar-refractivity contribution in [1.29, 1.82) is 0 Å². The fourth-order valence-electron chi connectivity index (χ4n) is 4.89. The average molecular weight is 452 g/mol. The van der Waals surface area contributed by atoms with Crippen molar-refractivity contribution in [1.82, 2.24) is 5.32 Å². The fourth-order valence-corrected chi connectivity index (χ4v) is 4.89. The average Bonchev–Trinajstić information content (AvgIpc) is 3.13. The van der Waals surface area contributed by atoms with Crippen LogP contribution in [0.2, 0.25) is 0 Å². The highest BCUT2D eigenvalue weighted by atomic mass is 16.5. The van der Waals surface area contributed by atoms with Gasteiger partial charge in [0.1, 0.15) is 0 Å². The number of carbonyl (C=O) groups is 1.